The van der Waals surface area contributed by atoms with Crippen molar-refractivity contribution in [3.8, 4) is 11.5 Å². The van der Waals surface area contributed by atoms with Gasteiger partial charge in [0.25, 0.3) is 5.91 Å². The van der Waals surface area contributed by atoms with Gasteiger partial charge in [-0.3, -0.25) is 14.8 Å². The van der Waals surface area contributed by atoms with E-state index in [4.69, 9.17) is 4.74 Å². The number of carbonyl (C=O) groups is 1. The molecule has 138 valence electrons. The van der Waals surface area contributed by atoms with Crippen LogP contribution in [0.3, 0.4) is 0 Å². The molecule has 2 N–H and O–H groups in total. The minimum absolute atomic E-state index is 0.303. The van der Waals surface area contributed by atoms with Gasteiger partial charge in [-0.05, 0) is 42.5 Å². The molecule has 0 fully saturated rings. The third-order valence-electron chi connectivity index (χ3n) is 4.72. The van der Waals surface area contributed by atoms with E-state index in [1.807, 2.05) is 0 Å². The molecule has 0 saturated heterocycles. The molecule has 6 nitrogen and oxygen atoms in total. The van der Waals surface area contributed by atoms with Crippen molar-refractivity contribution >= 4 is 22.6 Å². The molecule has 0 spiro atoms. The Morgan fingerprint density at radius 1 is 1.04 bits per heavy atom. The molecule has 1 aliphatic heterocycles. The van der Waals surface area contributed by atoms with E-state index in [2.05, 4.69) is 10.2 Å². The van der Waals surface area contributed by atoms with E-state index in [1.165, 1.54) is 29.2 Å². The Bertz CT molecular complexity index is 1200. The Labute approximate surface area is 158 Å². The van der Waals surface area contributed by atoms with Gasteiger partial charge in [0, 0.05) is 22.6 Å². The van der Waals surface area contributed by atoms with Gasteiger partial charge in [-0.15, -0.1) is 0 Å². The smallest absolute Gasteiger partial charge is 0.262 e. The molecule has 1 amide bonds. The maximum atomic E-state index is 13.0. The average molecular weight is 375 g/mol. The van der Waals surface area contributed by atoms with Crippen molar-refractivity contribution in [2.24, 2.45) is 0 Å². The minimum atomic E-state index is -1.09. The molecule has 0 saturated carbocycles. The number of H-pyrrole nitrogens is 1. The van der Waals surface area contributed by atoms with Crippen molar-refractivity contribution in [3.63, 3.8) is 0 Å². The first kappa shape index (κ1) is 16.5. The molecule has 2 heterocycles. The number of nitrogens with one attached hydrogen (secondary N) is 1. The zero-order chi connectivity index (χ0) is 19.3. The van der Waals surface area contributed by atoms with Crippen LogP contribution in [0.15, 0.2) is 66.7 Å². The topological polar surface area (TPSA) is 78.5 Å². The highest BCUT2D eigenvalue weighted by Crippen LogP contribution is 2.38. The standard InChI is InChI=1S/C21H14FN3O3/c22-12-5-7-13(8-6-12)28-14-9-10-17-18(11-14)23-24-19(17)25-20(26)15-3-1-2-4-16(15)21(25)27/h1-11,20,26H,(H,23,24). The van der Waals surface area contributed by atoms with Gasteiger partial charge in [0.2, 0.25) is 0 Å². The Balaban J connectivity index is 1.49. The number of benzene rings is 3. The second kappa shape index (κ2) is 6.17. The summed E-state index contributed by atoms with van der Waals surface area (Å²) in [6.45, 7) is 0. The first-order valence-electron chi connectivity index (χ1n) is 8.64. The Hall–Kier alpha value is -3.71. The fourth-order valence-electron chi connectivity index (χ4n) is 3.38. The minimum Gasteiger partial charge on any atom is -0.457 e. The van der Waals surface area contributed by atoms with E-state index in [1.54, 1.807) is 42.5 Å². The molecule has 28 heavy (non-hydrogen) atoms. The van der Waals surface area contributed by atoms with Gasteiger partial charge >= 0.3 is 0 Å². The van der Waals surface area contributed by atoms with Crippen LogP contribution in [0, 0.1) is 5.82 Å². The molecule has 1 atom stereocenters. The number of amides is 1. The molecule has 5 rings (SSSR count). The number of anilines is 1. The molecule has 1 unspecified atom stereocenters. The van der Waals surface area contributed by atoms with Gasteiger partial charge in [0.1, 0.15) is 17.3 Å². The number of hydrogen-bond donors (Lipinski definition) is 2. The fourth-order valence-corrected chi connectivity index (χ4v) is 3.38. The molecule has 0 aliphatic carbocycles. The van der Waals surface area contributed by atoms with E-state index >= 15 is 0 Å². The maximum Gasteiger partial charge on any atom is 0.262 e. The summed E-state index contributed by atoms with van der Waals surface area (Å²) in [5.74, 6) is 0.739. The number of aromatic amines is 1. The predicted molar refractivity (Wildman–Crippen MR) is 101 cm³/mol. The molecule has 0 radical (unpaired) electrons. The average Bonchev–Trinajstić information content (AvgIpc) is 3.22. The number of aliphatic hydroxyl groups is 1. The van der Waals surface area contributed by atoms with Crippen molar-refractivity contribution in [3.05, 3.63) is 83.7 Å². The van der Waals surface area contributed by atoms with Gasteiger partial charge in [0.05, 0.1) is 5.52 Å². The lowest BCUT2D eigenvalue weighted by molar-refractivity contribution is 0.0934. The van der Waals surface area contributed by atoms with Crippen molar-refractivity contribution < 1.29 is 19.0 Å². The quantitative estimate of drug-likeness (QED) is 0.564. The first-order chi connectivity index (χ1) is 13.6. The summed E-state index contributed by atoms with van der Waals surface area (Å²) in [5, 5.41) is 18.4. The molecule has 1 aromatic heterocycles. The zero-order valence-electron chi connectivity index (χ0n) is 14.5. The molecule has 7 heteroatoms. The van der Waals surface area contributed by atoms with Crippen LogP contribution < -0.4 is 9.64 Å². The predicted octanol–water partition coefficient (Wildman–Crippen LogP) is 4.15. The van der Waals surface area contributed by atoms with Gasteiger partial charge in [-0.1, -0.05) is 18.2 Å². The van der Waals surface area contributed by atoms with Crippen molar-refractivity contribution in [1.82, 2.24) is 10.2 Å². The molecule has 4 aromatic rings. The number of hydrogen-bond acceptors (Lipinski definition) is 4. The van der Waals surface area contributed by atoms with Crippen LogP contribution in [0.2, 0.25) is 0 Å². The Morgan fingerprint density at radius 3 is 2.57 bits per heavy atom. The van der Waals surface area contributed by atoms with E-state index < -0.39 is 6.23 Å². The monoisotopic (exact) mass is 375 g/mol. The highest BCUT2D eigenvalue weighted by atomic mass is 19.1. The summed E-state index contributed by atoms with van der Waals surface area (Å²) in [6, 6.07) is 17.9. The lowest BCUT2D eigenvalue weighted by Gasteiger charge is -2.18. The number of rotatable bonds is 3. The third kappa shape index (κ3) is 2.52. The first-order valence-corrected chi connectivity index (χ1v) is 8.64. The van der Waals surface area contributed by atoms with Crippen LogP contribution in [-0.4, -0.2) is 21.2 Å². The van der Waals surface area contributed by atoms with Crippen molar-refractivity contribution in [1.29, 1.82) is 0 Å². The lowest BCUT2D eigenvalue weighted by Crippen LogP contribution is -2.28. The van der Waals surface area contributed by atoms with E-state index in [-0.39, 0.29) is 11.7 Å². The van der Waals surface area contributed by atoms with Gasteiger partial charge < -0.3 is 9.84 Å². The summed E-state index contributed by atoms with van der Waals surface area (Å²) < 4.78 is 18.7. The van der Waals surface area contributed by atoms with Gasteiger partial charge in [0.15, 0.2) is 12.0 Å². The second-order valence-corrected chi connectivity index (χ2v) is 6.45. The zero-order valence-corrected chi connectivity index (χ0v) is 14.5. The Kier molecular flexibility index (Phi) is 3.63. The molecule has 1 aliphatic rings. The molecule has 3 aromatic carbocycles. The highest BCUT2D eigenvalue weighted by molar-refractivity contribution is 6.13. The Morgan fingerprint density at radius 2 is 1.79 bits per heavy atom. The van der Waals surface area contributed by atoms with E-state index in [9.17, 15) is 14.3 Å². The molecular weight excluding hydrogens is 361 g/mol. The highest BCUT2D eigenvalue weighted by Gasteiger charge is 2.38. The van der Waals surface area contributed by atoms with Crippen LogP contribution in [0.4, 0.5) is 10.2 Å². The van der Waals surface area contributed by atoms with Crippen LogP contribution in [0.5, 0.6) is 11.5 Å². The molecular formula is C21H14FN3O3. The number of aromatic nitrogens is 2. The largest absolute Gasteiger partial charge is 0.457 e. The third-order valence-corrected chi connectivity index (χ3v) is 4.72. The summed E-state index contributed by atoms with van der Waals surface area (Å²) in [7, 11) is 0. The van der Waals surface area contributed by atoms with Crippen molar-refractivity contribution in [2.45, 2.75) is 6.23 Å². The SMILES string of the molecule is O=C1c2ccccc2C(O)N1c1n[nH]c2cc(Oc3ccc(F)cc3)ccc12. The van der Waals surface area contributed by atoms with E-state index in [0.29, 0.717) is 39.3 Å². The normalized spacial score (nSPS) is 15.9. The number of halogens is 1. The fraction of sp³-hybridized carbons (Fsp3) is 0.0476. The number of ether oxygens (including phenoxy) is 1. The van der Waals surface area contributed by atoms with Crippen LogP contribution >= 0.6 is 0 Å². The van der Waals surface area contributed by atoms with Crippen LogP contribution in [0.25, 0.3) is 10.9 Å². The van der Waals surface area contributed by atoms with Crippen LogP contribution in [-0.2, 0) is 0 Å². The number of carbonyl (C=O) groups excluding carboxylic acids is 1. The number of nitrogens with zero attached hydrogens (tertiary/aromatic N) is 2. The second-order valence-electron chi connectivity index (χ2n) is 6.45. The summed E-state index contributed by atoms with van der Waals surface area (Å²) in [4.78, 5) is 14.0. The van der Waals surface area contributed by atoms with Gasteiger partial charge in [-0.2, -0.15) is 5.10 Å². The van der Waals surface area contributed by atoms with E-state index in [0.717, 1.165) is 0 Å². The number of fused-ring (bicyclic) bond motifs is 2. The lowest BCUT2D eigenvalue weighted by atomic mass is 10.1. The van der Waals surface area contributed by atoms with Gasteiger partial charge in [-0.25, -0.2) is 4.39 Å². The maximum absolute atomic E-state index is 13.0. The van der Waals surface area contributed by atoms with Crippen LogP contribution in [0.1, 0.15) is 22.1 Å². The summed E-state index contributed by atoms with van der Waals surface area (Å²) in [5.41, 5.74) is 1.66. The van der Waals surface area contributed by atoms with Crippen molar-refractivity contribution in [2.75, 3.05) is 4.90 Å². The summed E-state index contributed by atoms with van der Waals surface area (Å²) >= 11 is 0. The molecule has 0 bridgehead atoms. The number of aliphatic hydroxyl groups excluding tert-OH is 1. The summed E-state index contributed by atoms with van der Waals surface area (Å²) in [6.07, 6.45) is -1.09.